The number of furan rings is 1. The molecule has 7 nitrogen and oxygen atoms in total. The second-order valence-corrected chi connectivity index (χ2v) is 6.28. The van der Waals surface area contributed by atoms with E-state index in [1.54, 1.807) is 42.2 Å². The molecule has 1 aliphatic rings. The molecule has 1 unspecified atom stereocenters. The molecule has 0 amide bonds. The summed E-state index contributed by atoms with van der Waals surface area (Å²) in [4.78, 5) is 13.5. The summed E-state index contributed by atoms with van der Waals surface area (Å²) in [5.74, 6) is 1.13. The molecular formula is C18H17FN4O3. The number of hydrogen-bond acceptors (Lipinski definition) is 5. The number of carboxylic acids is 1. The Morgan fingerprint density at radius 1 is 1.31 bits per heavy atom. The van der Waals surface area contributed by atoms with E-state index in [-0.39, 0.29) is 18.9 Å². The molecule has 0 saturated heterocycles. The van der Waals surface area contributed by atoms with Crippen LogP contribution in [-0.4, -0.2) is 36.8 Å². The lowest BCUT2D eigenvalue weighted by Gasteiger charge is -2.32. The number of halogens is 1. The summed E-state index contributed by atoms with van der Waals surface area (Å²) in [6.45, 7) is 2.73. The van der Waals surface area contributed by atoms with Gasteiger partial charge in [-0.3, -0.25) is 9.69 Å². The van der Waals surface area contributed by atoms with Crippen LogP contribution in [0.25, 0.3) is 11.3 Å². The van der Waals surface area contributed by atoms with Crippen LogP contribution in [0.2, 0.25) is 0 Å². The Labute approximate surface area is 148 Å². The number of fused-ring (bicyclic) bond motifs is 1. The average Bonchev–Trinajstić information content (AvgIpc) is 3.22. The highest BCUT2D eigenvalue weighted by Gasteiger charge is 2.33. The number of hydrogen-bond donors (Lipinski definition) is 1. The third-order valence-electron chi connectivity index (χ3n) is 4.60. The van der Waals surface area contributed by atoms with E-state index in [2.05, 4.69) is 10.2 Å². The molecule has 26 heavy (non-hydrogen) atoms. The molecule has 0 saturated carbocycles. The quantitative estimate of drug-likeness (QED) is 0.773. The summed E-state index contributed by atoms with van der Waals surface area (Å²) in [7, 11) is 0. The first-order chi connectivity index (χ1) is 12.5. The summed E-state index contributed by atoms with van der Waals surface area (Å²) in [6, 6.07) is 9.10. The fraction of sp³-hybridized carbons (Fsp3) is 0.278. The fourth-order valence-corrected chi connectivity index (χ4v) is 3.23. The molecule has 1 N–H and O–H groups in total. The minimum atomic E-state index is -0.912. The van der Waals surface area contributed by atoms with Gasteiger partial charge in [-0.15, -0.1) is 10.2 Å². The standard InChI is InChI=1S/C18H17FN4O3/c1-11-20-21-17-10-22(15(18(24)25)9-23(11)17)8-12-6-7-16(26-12)13-4-2-3-5-14(13)19/h2-7,15H,8-10H2,1H3,(H,24,25). The van der Waals surface area contributed by atoms with E-state index in [0.29, 0.717) is 29.5 Å². The number of benzene rings is 1. The Kier molecular flexibility index (Phi) is 4.04. The van der Waals surface area contributed by atoms with Crippen LogP contribution in [0.3, 0.4) is 0 Å². The SMILES string of the molecule is Cc1nnc2n1CC(C(=O)O)N(Cc1ccc(-c3ccccc3F)o1)C2. The van der Waals surface area contributed by atoms with E-state index >= 15 is 0 Å². The van der Waals surface area contributed by atoms with Crippen molar-refractivity contribution in [2.24, 2.45) is 0 Å². The maximum Gasteiger partial charge on any atom is 0.322 e. The summed E-state index contributed by atoms with van der Waals surface area (Å²) < 4.78 is 21.5. The van der Waals surface area contributed by atoms with Crippen molar-refractivity contribution < 1.29 is 18.7 Å². The van der Waals surface area contributed by atoms with Gasteiger partial charge >= 0.3 is 5.97 Å². The number of carboxylic acid groups (broad SMARTS) is 1. The third-order valence-corrected chi connectivity index (χ3v) is 4.60. The van der Waals surface area contributed by atoms with Crippen molar-refractivity contribution in [3.05, 3.63) is 59.6 Å². The van der Waals surface area contributed by atoms with Gasteiger partial charge in [-0.25, -0.2) is 4.39 Å². The molecule has 1 atom stereocenters. The monoisotopic (exact) mass is 356 g/mol. The first-order valence-corrected chi connectivity index (χ1v) is 8.22. The Bertz CT molecular complexity index is 965. The maximum absolute atomic E-state index is 13.9. The normalized spacial score (nSPS) is 17.2. The lowest BCUT2D eigenvalue weighted by molar-refractivity contribution is -0.145. The lowest BCUT2D eigenvalue weighted by atomic mass is 10.1. The minimum absolute atomic E-state index is 0.282. The number of aromatic nitrogens is 3. The van der Waals surface area contributed by atoms with E-state index in [0.717, 1.165) is 5.82 Å². The number of rotatable bonds is 4. The van der Waals surface area contributed by atoms with Gasteiger partial charge in [0.15, 0.2) is 0 Å². The second kappa shape index (κ2) is 6.38. The highest BCUT2D eigenvalue weighted by Crippen LogP contribution is 2.27. The van der Waals surface area contributed by atoms with Gasteiger partial charge in [-0.2, -0.15) is 0 Å². The van der Waals surface area contributed by atoms with Gasteiger partial charge in [-0.1, -0.05) is 12.1 Å². The van der Waals surface area contributed by atoms with Crippen molar-refractivity contribution >= 4 is 5.97 Å². The number of aryl methyl sites for hydroxylation is 1. The summed E-state index contributed by atoms with van der Waals surface area (Å²) in [5.41, 5.74) is 0.377. The van der Waals surface area contributed by atoms with Crippen molar-refractivity contribution in [1.82, 2.24) is 19.7 Å². The number of carbonyl (C=O) groups is 1. The number of nitrogens with zero attached hydrogens (tertiary/aromatic N) is 4. The predicted molar refractivity (Wildman–Crippen MR) is 89.5 cm³/mol. The molecule has 8 heteroatoms. The smallest absolute Gasteiger partial charge is 0.322 e. The third kappa shape index (κ3) is 2.88. The molecule has 3 heterocycles. The second-order valence-electron chi connectivity index (χ2n) is 6.28. The van der Waals surface area contributed by atoms with E-state index in [1.165, 1.54) is 6.07 Å². The molecule has 0 fully saturated rings. The van der Waals surface area contributed by atoms with Gasteiger partial charge in [0.1, 0.15) is 35.0 Å². The summed E-state index contributed by atoms with van der Waals surface area (Å²) in [6.07, 6.45) is 0. The average molecular weight is 356 g/mol. The Hall–Kier alpha value is -3.00. The Morgan fingerprint density at radius 2 is 2.12 bits per heavy atom. The molecule has 3 aromatic rings. The predicted octanol–water partition coefficient (Wildman–Crippen LogP) is 2.45. The first-order valence-electron chi connectivity index (χ1n) is 8.22. The van der Waals surface area contributed by atoms with Crippen LogP contribution in [0.4, 0.5) is 4.39 Å². The van der Waals surface area contributed by atoms with Gasteiger partial charge in [0.05, 0.1) is 25.2 Å². The van der Waals surface area contributed by atoms with Crippen LogP contribution < -0.4 is 0 Å². The van der Waals surface area contributed by atoms with Crippen molar-refractivity contribution in [3.63, 3.8) is 0 Å². The maximum atomic E-state index is 13.9. The largest absolute Gasteiger partial charge is 0.480 e. The van der Waals surface area contributed by atoms with Crippen LogP contribution in [0.1, 0.15) is 17.4 Å². The highest BCUT2D eigenvalue weighted by atomic mass is 19.1. The molecule has 4 rings (SSSR count). The molecule has 1 aromatic carbocycles. The van der Waals surface area contributed by atoms with E-state index < -0.39 is 12.0 Å². The zero-order chi connectivity index (χ0) is 18.3. The van der Waals surface area contributed by atoms with Crippen LogP contribution in [0, 0.1) is 12.7 Å². The van der Waals surface area contributed by atoms with Crippen LogP contribution >= 0.6 is 0 Å². The van der Waals surface area contributed by atoms with Crippen LogP contribution in [-0.2, 0) is 24.4 Å². The summed E-state index contributed by atoms with van der Waals surface area (Å²) >= 11 is 0. The molecular weight excluding hydrogens is 339 g/mol. The highest BCUT2D eigenvalue weighted by molar-refractivity contribution is 5.73. The van der Waals surface area contributed by atoms with Crippen molar-refractivity contribution in [1.29, 1.82) is 0 Å². The zero-order valence-corrected chi connectivity index (χ0v) is 14.1. The lowest BCUT2D eigenvalue weighted by Crippen LogP contribution is -2.47. The summed E-state index contributed by atoms with van der Waals surface area (Å²) in [5, 5.41) is 17.7. The molecule has 134 valence electrons. The first kappa shape index (κ1) is 16.5. The molecule has 2 aromatic heterocycles. The zero-order valence-electron chi connectivity index (χ0n) is 14.1. The van der Waals surface area contributed by atoms with E-state index in [1.807, 2.05) is 4.57 Å². The van der Waals surface area contributed by atoms with Crippen LogP contribution in [0.15, 0.2) is 40.8 Å². The van der Waals surface area contributed by atoms with Gasteiger partial charge in [-0.05, 0) is 31.2 Å². The van der Waals surface area contributed by atoms with Gasteiger partial charge in [0.2, 0.25) is 0 Å². The molecule has 0 spiro atoms. The van der Waals surface area contributed by atoms with E-state index in [4.69, 9.17) is 4.42 Å². The Balaban J connectivity index is 1.58. The number of aliphatic carboxylic acids is 1. The van der Waals surface area contributed by atoms with Crippen molar-refractivity contribution in [3.8, 4) is 11.3 Å². The van der Waals surface area contributed by atoms with Crippen molar-refractivity contribution in [2.75, 3.05) is 0 Å². The molecule has 1 aliphatic heterocycles. The Morgan fingerprint density at radius 3 is 2.88 bits per heavy atom. The van der Waals surface area contributed by atoms with Gasteiger partial charge in [0, 0.05) is 0 Å². The fourth-order valence-electron chi connectivity index (χ4n) is 3.23. The topological polar surface area (TPSA) is 84.4 Å². The molecule has 0 bridgehead atoms. The van der Waals surface area contributed by atoms with Crippen LogP contribution in [0.5, 0.6) is 0 Å². The molecule has 0 aliphatic carbocycles. The van der Waals surface area contributed by atoms with Gasteiger partial charge < -0.3 is 14.1 Å². The minimum Gasteiger partial charge on any atom is -0.480 e. The van der Waals surface area contributed by atoms with Crippen molar-refractivity contribution in [2.45, 2.75) is 32.6 Å². The van der Waals surface area contributed by atoms with E-state index in [9.17, 15) is 14.3 Å². The van der Waals surface area contributed by atoms with Gasteiger partial charge in [0.25, 0.3) is 0 Å². The molecule has 0 radical (unpaired) electrons.